The van der Waals surface area contributed by atoms with E-state index in [0.717, 1.165) is 10.0 Å². The number of hydrogen-bond donors (Lipinski definition) is 2. The minimum atomic E-state index is -0.853. The van der Waals surface area contributed by atoms with Crippen LogP contribution in [0.4, 0.5) is 0 Å². The third-order valence-electron chi connectivity index (χ3n) is 5.06. The van der Waals surface area contributed by atoms with E-state index in [0.29, 0.717) is 31.4 Å². The molecule has 2 aromatic rings. The summed E-state index contributed by atoms with van der Waals surface area (Å²) in [5, 5.41) is 19.7. The van der Waals surface area contributed by atoms with Crippen molar-refractivity contribution in [2.45, 2.75) is 31.7 Å². The van der Waals surface area contributed by atoms with E-state index in [4.69, 9.17) is 5.11 Å². The van der Waals surface area contributed by atoms with Crippen LogP contribution in [-0.4, -0.2) is 39.3 Å². The average molecular weight is 472 g/mol. The number of rotatable bonds is 8. The highest BCUT2D eigenvalue weighted by atomic mass is 79.9. The van der Waals surface area contributed by atoms with Gasteiger partial charge in [0.1, 0.15) is 5.76 Å². The highest BCUT2D eigenvalue weighted by molar-refractivity contribution is 9.10. The van der Waals surface area contributed by atoms with Crippen molar-refractivity contribution in [1.29, 1.82) is 0 Å². The first-order valence-corrected chi connectivity index (χ1v) is 10.5. The molecule has 0 aliphatic carbocycles. The highest BCUT2D eigenvalue weighted by Gasteiger charge is 2.45. The number of carboxylic acids is 1. The monoisotopic (exact) mass is 471 g/mol. The van der Waals surface area contributed by atoms with Crippen LogP contribution in [0.25, 0.3) is 5.76 Å². The molecule has 0 bridgehead atoms. The van der Waals surface area contributed by atoms with Gasteiger partial charge in [-0.25, -0.2) is 0 Å². The summed E-state index contributed by atoms with van der Waals surface area (Å²) in [6.07, 6.45) is 1.78. The Morgan fingerprint density at radius 1 is 0.933 bits per heavy atom. The van der Waals surface area contributed by atoms with Crippen molar-refractivity contribution in [1.82, 2.24) is 4.90 Å². The predicted molar refractivity (Wildman–Crippen MR) is 116 cm³/mol. The summed E-state index contributed by atoms with van der Waals surface area (Å²) < 4.78 is 0.834. The summed E-state index contributed by atoms with van der Waals surface area (Å²) in [4.78, 5) is 37.8. The zero-order valence-corrected chi connectivity index (χ0v) is 17.8. The normalized spacial score (nSPS) is 18.0. The largest absolute Gasteiger partial charge is 0.507 e. The topological polar surface area (TPSA) is 94.9 Å². The molecule has 1 heterocycles. The maximum atomic E-state index is 12.9. The molecule has 1 saturated heterocycles. The highest BCUT2D eigenvalue weighted by Crippen LogP contribution is 2.39. The molecule has 2 N–H and O–H groups in total. The first-order chi connectivity index (χ1) is 14.4. The van der Waals surface area contributed by atoms with Crippen molar-refractivity contribution >= 4 is 39.3 Å². The molecule has 0 aromatic heterocycles. The lowest BCUT2D eigenvalue weighted by Crippen LogP contribution is -2.30. The lowest BCUT2D eigenvalue weighted by atomic mass is 9.95. The number of Topliss-reactive ketones (excluding diaryl/α,β-unsaturated/α-hetero) is 1. The molecule has 156 valence electrons. The molecule has 6 nitrogen and oxygen atoms in total. The lowest BCUT2D eigenvalue weighted by molar-refractivity contribution is -0.140. The standard InChI is InChI=1S/C23H22BrNO5/c24-17-12-10-16(11-13-17)21(28)19-20(15-7-3-1-4-8-15)25(23(30)22(19)29)14-6-2-5-9-18(26)27/h1,3-4,7-8,10-13,20,28H,2,5-6,9,14H2,(H,26,27)/t20-/m1/s1. The smallest absolute Gasteiger partial charge is 0.303 e. The minimum absolute atomic E-state index is 0.0686. The number of likely N-dealkylation sites (tertiary alicyclic amines) is 1. The molecule has 1 aliphatic heterocycles. The quantitative estimate of drug-likeness (QED) is 0.255. The van der Waals surface area contributed by atoms with Gasteiger partial charge in [0, 0.05) is 23.0 Å². The lowest BCUT2D eigenvalue weighted by Gasteiger charge is -2.25. The number of aliphatic hydroxyl groups excluding tert-OH is 1. The predicted octanol–water partition coefficient (Wildman–Crippen LogP) is 4.52. The molecule has 2 aromatic carbocycles. The van der Waals surface area contributed by atoms with Gasteiger partial charge in [-0.15, -0.1) is 0 Å². The summed E-state index contributed by atoms with van der Waals surface area (Å²) in [5.74, 6) is -2.42. The second-order valence-electron chi connectivity index (χ2n) is 7.11. The van der Waals surface area contributed by atoms with E-state index in [2.05, 4.69) is 15.9 Å². The van der Waals surface area contributed by atoms with Gasteiger partial charge >= 0.3 is 5.97 Å². The van der Waals surface area contributed by atoms with E-state index in [9.17, 15) is 19.5 Å². The van der Waals surface area contributed by atoms with Gasteiger partial charge in [0.2, 0.25) is 0 Å². The van der Waals surface area contributed by atoms with Crippen molar-refractivity contribution in [2.75, 3.05) is 6.54 Å². The summed E-state index contributed by atoms with van der Waals surface area (Å²) in [6, 6.07) is 15.3. The Morgan fingerprint density at radius 3 is 2.23 bits per heavy atom. The van der Waals surface area contributed by atoms with Gasteiger partial charge in [0.05, 0.1) is 11.6 Å². The molecule has 1 fully saturated rings. The first-order valence-electron chi connectivity index (χ1n) is 9.71. The average Bonchev–Trinajstić information content (AvgIpc) is 2.99. The number of aliphatic hydroxyl groups is 1. The van der Waals surface area contributed by atoms with Crippen LogP contribution in [0.1, 0.15) is 42.9 Å². The van der Waals surface area contributed by atoms with Crippen LogP contribution in [0, 0.1) is 0 Å². The van der Waals surface area contributed by atoms with Crippen LogP contribution < -0.4 is 0 Å². The SMILES string of the molecule is O=C(O)CCCCCN1C(=O)C(=O)C(=C(O)c2ccc(Br)cc2)[C@H]1c1ccccc1. The van der Waals surface area contributed by atoms with Crippen LogP contribution in [0.5, 0.6) is 0 Å². The molecule has 7 heteroatoms. The molecule has 0 unspecified atom stereocenters. The van der Waals surface area contributed by atoms with Crippen molar-refractivity contribution in [3.05, 3.63) is 75.8 Å². The Morgan fingerprint density at radius 2 is 1.60 bits per heavy atom. The molecule has 1 aliphatic rings. The number of halogens is 1. The van der Waals surface area contributed by atoms with Crippen LogP contribution in [0.3, 0.4) is 0 Å². The van der Waals surface area contributed by atoms with Crippen LogP contribution in [0.15, 0.2) is 64.6 Å². The van der Waals surface area contributed by atoms with Gasteiger partial charge in [-0.1, -0.05) is 64.8 Å². The Kier molecular flexibility index (Phi) is 7.05. The summed E-state index contributed by atoms with van der Waals surface area (Å²) in [6.45, 7) is 0.306. The fourth-order valence-electron chi connectivity index (χ4n) is 3.59. The summed E-state index contributed by atoms with van der Waals surface area (Å²) >= 11 is 3.34. The second kappa shape index (κ2) is 9.71. The first kappa shape index (κ1) is 21.8. The number of amides is 1. The Bertz CT molecular complexity index is 969. The zero-order chi connectivity index (χ0) is 21.7. The van der Waals surface area contributed by atoms with E-state index in [1.807, 2.05) is 30.3 Å². The maximum Gasteiger partial charge on any atom is 0.303 e. The molecule has 1 amide bonds. The van der Waals surface area contributed by atoms with Crippen molar-refractivity contribution in [2.24, 2.45) is 0 Å². The third kappa shape index (κ3) is 4.79. The second-order valence-corrected chi connectivity index (χ2v) is 8.03. The number of nitrogens with zero attached hydrogens (tertiary/aromatic N) is 1. The summed E-state index contributed by atoms with van der Waals surface area (Å²) in [5.41, 5.74) is 1.26. The molecule has 0 spiro atoms. The number of carboxylic acid groups (broad SMARTS) is 1. The van der Waals surface area contributed by atoms with Crippen LogP contribution in [0.2, 0.25) is 0 Å². The van der Waals surface area contributed by atoms with Crippen molar-refractivity contribution < 1.29 is 24.6 Å². The fourth-order valence-corrected chi connectivity index (χ4v) is 3.86. The van der Waals surface area contributed by atoms with Gasteiger partial charge in [-0.2, -0.15) is 0 Å². The van der Waals surface area contributed by atoms with Crippen LogP contribution >= 0.6 is 15.9 Å². The summed E-state index contributed by atoms with van der Waals surface area (Å²) in [7, 11) is 0. The molecule has 1 atom stereocenters. The number of hydrogen-bond acceptors (Lipinski definition) is 4. The van der Waals surface area contributed by atoms with E-state index in [1.165, 1.54) is 4.90 Å². The van der Waals surface area contributed by atoms with Gasteiger partial charge < -0.3 is 15.1 Å². The van der Waals surface area contributed by atoms with E-state index >= 15 is 0 Å². The van der Waals surface area contributed by atoms with Crippen LogP contribution in [-0.2, 0) is 14.4 Å². The minimum Gasteiger partial charge on any atom is -0.507 e. The van der Waals surface area contributed by atoms with Crippen molar-refractivity contribution in [3.8, 4) is 0 Å². The molecular weight excluding hydrogens is 450 g/mol. The molecule has 0 saturated carbocycles. The van der Waals surface area contributed by atoms with Gasteiger partial charge in [0.25, 0.3) is 11.7 Å². The van der Waals surface area contributed by atoms with E-state index in [-0.39, 0.29) is 17.8 Å². The van der Waals surface area contributed by atoms with Crippen molar-refractivity contribution in [3.63, 3.8) is 0 Å². The number of carbonyl (C=O) groups is 3. The number of carbonyl (C=O) groups excluding carboxylic acids is 2. The molecular formula is C23H22BrNO5. The Balaban J connectivity index is 1.94. The fraction of sp³-hybridized carbons (Fsp3) is 0.261. The number of aliphatic carboxylic acids is 1. The van der Waals surface area contributed by atoms with Gasteiger partial charge in [-0.05, 0) is 30.5 Å². The number of ketones is 1. The Labute approximate surface area is 183 Å². The molecule has 30 heavy (non-hydrogen) atoms. The number of benzene rings is 2. The maximum absolute atomic E-state index is 12.9. The van der Waals surface area contributed by atoms with E-state index in [1.54, 1.807) is 24.3 Å². The number of unbranched alkanes of at least 4 members (excludes halogenated alkanes) is 2. The van der Waals surface area contributed by atoms with E-state index < -0.39 is 23.7 Å². The molecule has 0 radical (unpaired) electrons. The molecule has 3 rings (SSSR count). The Hall–Kier alpha value is -2.93. The van der Waals surface area contributed by atoms with Gasteiger partial charge in [0.15, 0.2) is 0 Å². The van der Waals surface area contributed by atoms with Gasteiger partial charge in [-0.3, -0.25) is 14.4 Å². The third-order valence-corrected chi connectivity index (χ3v) is 5.59. The zero-order valence-electron chi connectivity index (χ0n) is 16.3.